The van der Waals surface area contributed by atoms with E-state index < -0.39 is 5.97 Å². The molecule has 0 aliphatic heterocycles. The normalized spacial score (nSPS) is 11.2. The molecule has 0 aromatic heterocycles. The summed E-state index contributed by atoms with van der Waals surface area (Å²) >= 11 is 0. The number of esters is 1. The second-order valence-electron chi connectivity index (χ2n) is 5.70. The summed E-state index contributed by atoms with van der Waals surface area (Å²) in [6.45, 7) is 0.456. The zero-order valence-electron chi connectivity index (χ0n) is 14.8. The quantitative estimate of drug-likeness (QED) is 0.372. The van der Waals surface area contributed by atoms with E-state index >= 15 is 0 Å². The van der Waals surface area contributed by atoms with Crippen LogP contribution in [0.3, 0.4) is 0 Å². The molecule has 0 heterocycles. The Labute approximate surface area is 152 Å². The maximum Gasteiger partial charge on any atom is 0.334 e. The molecule has 0 N–H and O–H groups in total. The number of para-hydroxylation sites is 1. The third-order valence-electron chi connectivity index (χ3n) is 4.03. The summed E-state index contributed by atoms with van der Waals surface area (Å²) in [5.74, 6) is 0.829. The third-order valence-corrected chi connectivity index (χ3v) is 4.03. The van der Waals surface area contributed by atoms with Gasteiger partial charge in [-0.15, -0.1) is 0 Å². The van der Waals surface area contributed by atoms with Gasteiger partial charge in [-0.25, -0.2) is 4.79 Å². The van der Waals surface area contributed by atoms with Crippen LogP contribution in [0.5, 0.6) is 5.75 Å². The van der Waals surface area contributed by atoms with E-state index in [9.17, 15) is 4.79 Å². The van der Waals surface area contributed by atoms with E-state index in [1.807, 2.05) is 60.7 Å². The molecule has 3 aromatic carbocycles. The number of fused-ring (bicyclic) bond motifs is 1. The minimum atomic E-state index is -0.456. The van der Waals surface area contributed by atoms with E-state index in [1.165, 1.54) is 20.3 Å². The van der Waals surface area contributed by atoms with E-state index in [4.69, 9.17) is 14.2 Å². The Bertz CT molecular complexity index is 929. The Balaban J connectivity index is 1.94. The lowest BCUT2D eigenvalue weighted by atomic mass is 10.0. The molecule has 0 amide bonds. The Kier molecular flexibility index (Phi) is 5.54. The first-order chi connectivity index (χ1) is 12.7. The van der Waals surface area contributed by atoms with Gasteiger partial charge in [-0.3, -0.25) is 0 Å². The summed E-state index contributed by atoms with van der Waals surface area (Å²) in [6.07, 6.45) is 1.35. The van der Waals surface area contributed by atoms with Gasteiger partial charge in [-0.2, -0.15) is 0 Å². The van der Waals surface area contributed by atoms with Crippen LogP contribution in [-0.4, -0.2) is 20.2 Å². The van der Waals surface area contributed by atoms with Crippen LogP contribution in [0.2, 0.25) is 0 Å². The number of carbonyl (C=O) groups is 1. The molecule has 0 bridgehead atoms. The van der Waals surface area contributed by atoms with Crippen molar-refractivity contribution in [2.75, 3.05) is 14.2 Å². The Morgan fingerprint density at radius 2 is 1.73 bits per heavy atom. The monoisotopic (exact) mass is 348 g/mol. The lowest BCUT2D eigenvalue weighted by Crippen LogP contribution is -2.00. The number of hydrogen-bond acceptors (Lipinski definition) is 4. The van der Waals surface area contributed by atoms with Crippen molar-refractivity contribution in [3.05, 3.63) is 83.9 Å². The Hall–Kier alpha value is -3.27. The second kappa shape index (κ2) is 8.21. The number of ether oxygens (including phenoxy) is 3. The molecule has 0 fully saturated rings. The van der Waals surface area contributed by atoms with Crippen LogP contribution < -0.4 is 4.74 Å². The smallest absolute Gasteiger partial charge is 0.334 e. The summed E-state index contributed by atoms with van der Waals surface area (Å²) < 4.78 is 16.0. The van der Waals surface area contributed by atoms with Crippen LogP contribution in [0.15, 0.2) is 72.8 Å². The molecule has 3 aromatic rings. The minimum Gasteiger partial charge on any atom is -0.496 e. The highest BCUT2D eigenvalue weighted by Gasteiger charge is 2.10. The highest BCUT2D eigenvalue weighted by atomic mass is 16.5. The first-order valence-corrected chi connectivity index (χ1v) is 8.25. The van der Waals surface area contributed by atoms with E-state index in [1.54, 1.807) is 0 Å². The molecule has 0 saturated heterocycles. The highest BCUT2D eigenvalue weighted by molar-refractivity contribution is 5.97. The van der Waals surface area contributed by atoms with Crippen LogP contribution in [0.25, 0.3) is 16.5 Å². The van der Waals surface area contributed by atoms with Crippen molar-refractivity contribution in [3.63, 3.8) is 0 Å². The van der Waals surface area contributed by atoms with Crippen LogP contribution >= 0.6 is 0 Å². The number of carbonyl (C=O) groups excluding carboxylic acids is 1. The SMILES string of the molecule is COC(=O)/C=C(/OC)c1cccc2ccc(COc3ccccc3)cc12. The van der Waals surface area contributed by atoms with Crippen LogP contribution in [0, 0.1) is 0 Å². The van der Waals surface area contributed by atoms with Gasteiger partial charge >= 0.3 is 5.97 Å². The molecule has 0 spiro atoms. The summed E-state index contributed by atoms with van der Waals surface area (Å²) in [5, 5.41) is 2.04. The summed E-state index contributed by atoms with van der Waals surface area (Å²) in [4.78, 5) is 11.6. The maximum atomic E-state index is 11.6. The number of hydrogen-bond donors (Lipinski definition) is 0. The van der Waals surface area contributed by atoms with Crippen LogP contribution in [0.1, 0.15) is 11.1 Å². The highest BCUT2D eigenvalue weighted by Crippen LogP contribution is 2.27. The number of benzene rings is 3. The molecule has 0 saturated carbocycles. The van der Waals surface area contributed by atoms with Gasteiger partial charge in [0.05, 0.1) is 20.3 Å². The molecular weight excluding hydrogens is 328 g/mol. The fourth-order valence-electron chi connectivity index (χ4n) is 2.72. The third kappa shape index (κ3) is 4.03. The van der Waals surface area contributed by atoms with Crippen LogP contribution in [-0.2, 0) is 20.9 Å². The fraction of sp³-hybridized carbons (Fsp3) is 0.136. The van der Waals surface area contributed by atoms with Crippen molar-refractivity contribution < 1.29 is 19.0 Å². The van der Waals surface area contributed by atoms with Crippen molar-refractivity contribution in [3.8, 4) is 5.75 Å². The van der Waals surface area contributed by atoms with Gasteiger partial charge in [0.15, 0.2) is 0 Å². The van der Waals surface area contributed by atoms with Crippen molar-refractivity contribution in [2.24, 2.45) is 0 Å². The van der Waals surface area contributed by atoms with Crippen molar-refractivity contribution in [1.82, 2.24) is 0 Å². The van der Waals surface area contributed by atoms with E-state index in [-0.39, 0.29) is 0 Å². The minimum absolute atomic E-state index is 0.456. The average Bonchev–Trinajstić information content (AvgIpc) is 2.70. The van der Waals surface area contributed by atoms with Crippen molar-refractivity contribution >= 4 is 22.5 Å². The van der Waals surface area contributed by atoms with Gasteiger partial charge in [0.2, 0.25) is 0 Å². The molecule has 0 aliphatic rings. The average molecular weight is 348 g/mol. The summed E-state index contributed by atoms with van der Waals surface area (Å²) in [6, 6.07) is 21.7. The molecule has 0 aliphatic carbocycles. The first-order valence-electron chi connectivity index (χ1n) is 8.25. The zero-order valence-corrected chi connectivity index (χ0v) is 14.8. The zero-order chi connectivity index (χ0) is 18.4. The second-order valence-corrected chi connectivity index (χ2v) is 5.70. The van der Waals surface area contributed by atoms with Gasteiger partial charge in [-0.05, 0) is 34.5 Å². The topological polar surface area (TPSA) is 44.8 Å². The molecular formula is C22H20O4. The Morgan fingerprint density at radius 3 is 2.46 bits per heavy atom. The fourth-order valence-corrected chi connectivity index (χ4v) is 2.72. The molecule has 3 rings (SSSR count). The van der Waals surface area contributed by atoms with E-state index in [0.29, 0.717) is 12.4 Å². The summed E-state index contributed by atoms with van der Waals surface area (Å²) in [7, 11) is 2.88. The predicted molar refractivity (Wildman–Crippen MR) is 102 cm³/mol. The molecule has 0 atom stereocenters. The van der Waals surface area contributed by atoms with E-state index in [0.717, 1.165) is 27.6 Å². The van der Waals surface area contributed by atoms with Crippen LogP contribution in [0.4, 0.5) is 0 Å². The number of methoxy groups -OCH3 is 2. The van der Waals surface area contributed by atoms with Crippen molar-refractivity contribution in [2.45, 2.75) is 6.61 Å². The van der Waals surface area contributed by atoms with Gasteiger partial charge in [0.1, 0.15) is 18.1 Å². The molecule has 0 radical (unpaired) electrons. The molecule has 0 unspecified atom stereocenters. The van der Waals surface area contributed by atoms with Gasteiger partial charge in [0, 0.05) is 5.56 Å². The molecule has 4 heteroatoms. The van der Waals surface area contributed by atoms with Gasteiger partial charge < -0.3 is 14.2 Å². The Morgan fingerprint density at radius 1 is 0.923 bits per heavy atom. The standard InChI is InChI=1S/C22H20O4/c1-24-21(14-22(23)25-2)19-10-6-7-17-12-11-16(13-20(17)19)15-26-18-8-4-3-5-9-18/h3-14H,15H2,1-2H3/b21-14+. The largest absolute Gasteiger partial charge is 0.496 e. The first kappa shape index (κ1) is 17.5. The molecule has 26 heavy (non-hydrogen) atoms. The molecule has 4 nitrogen and oxygen atoms in total. The number of rotatable bonds is 6. The lowest BCUT2D eigenvalue weighted by molar-refractivity contribution is -0.134. The predicted octanol–water partition coefficient (Wildman–Crippen LogP) is 4.58. The van der Waals surface area contributed by atoms with Crippen molar-refractivity contribution in [1.29, 1.82) is 0 Å². The lowest BCUT2D eigenvalue weighted by Gasteiger charge is -2.12. The summed E-state index contributed by atoms with van der Waals surface area (Å²) in [5.41, 5.74) is 1.86. The van der Waals surface area contributed by atoms with Gasteiger partial charge in [-0.1, -0.05) is 48.5 Å². The molecule has 132 valence electrons. The maximum absolute atomic E-state index is 11.6. The van der Waals surface area contributed by atoms with Gasteiger partial charge in [0.25, 0.3) is 0 Å². The van der Waals surface area contributed by atoms with E-state index in [2.05, 4.69) is 6.07 Å².